The molecule has 0 atom stereocenters. The van der Waals surface area contributed by atoms with Gasteiger partial charge in [0.15, 0.2) is 0 Å². The number of rotatable bonds is 3. The SMILES string of the molecule is COc1ccc2ccc(=O)oc2c1.c1ccc(-c2nc3ccccc3nc2-c2cc3ccc2-3)cc1. The first-order chi connectivity index (χ1) is 17.2. The van der Waals surface area contributed by atoms with Crippen molar-refractivity contribution < 1.29 is 9.15 Å². The fourth-order valence-corrected chi connectivity index (χ4v) is 4.14. The standard InChI is InChI=1S/C20H12N2.C10H8O3/c1-2-6-13(7-3-1)19-20(16-12-14-10-11-15(14)16)22-18-9-5-4-8-17(18)21-19;1-12-8-4-2-7-3-5-10(11)13-9(7)6-8/h1-12H;2-6H,1H3. The Kier molecular flexibility index (Phi) is 5.08. The van der Waals surface area contributed by atoms with Crippen LogP contribution in [0.2, 0.25) is 0 Å². The van der Waals surface area contributed by atoms with Gasteiger partial charge in [0.05, 0.1) is 29.5 Å². The van der Waals surface area contributed by atoms with Gasteiger partial charge in [-0.25, -0.2) is 14.8 Å². The van der Waals surface area contributed by atoms with Crippen LogP contribution in [0.25, 0.3) is 55.6 Å². The number of hydrogen-bond donors (Lipinski definition) is 0. The summed E-state index contributed by atoms with van der Waals surface area (Å²) in [4.78, 5) is 20.7. The molecule has 0 bridgehead atoms. The zero-order valence-corrected chi connectivity index (χ0v) is 18.9. The second-order valence-electron chi connectivity index (χ2n) is 8.19. The number of nitrogens with zero attached hydrogens (tertiary/aromatic N) is 2. The average Bonchev–Trinajstić information content (AvgIpc) is 2.90. The monoisotopic (exact) mass is 456 g/mol. The van der Waals surface area contributed by atoms with Gasteiger partial charge in [0, 0.05) is 28.6 Å². The van der Waals surface area contributed by atoms with E-state index in [1.165, 1.54) is 22.8 Å². The van der Waals surface area contributed by atoms with E-state index in [4.69, 9.17) is 19.1 Å². The van der Waals surface area contributed by atoms with Gasteiger partial charge in [-0.2, -0.15) is 0 Å². The number of para-hydroxylation sites is 2. The van der Waals surface area contributed by atoms with Crippen LogP contribution in [0, 0.1) is 0 Å². The van der Waals surface area contributed by atoms with Crippen molar-refractivity contribution in [2.24, 2.45) is 0 Å². The lowest BCUT2D eigenvalue weighted by molar-refractivity contribution is 0.414. The average molecular weight is 457 g/mol. The lowest BCUT2D eigenvalue weighted by Gasteiger charge is -2.22. The van der Waals surface area contributed by atoms with Crippen LogP contribution < -0.4 is 10.4 Å². The summed E-state index contributed by atoms with van der Waals surface area (Å²) in [5.74, 6) is 0.682. The quantitative estimate of drug-likeness (QED) is 0.275. The van der Waals surface area contributed by atoms with Crippen LogP contribution in [0.1, 0.15) is 0 Å². The fourth-order valence-electron chi connectivity index (χ4n) is 4.14. The molecule has 0 amide bonds. The van der Waals surface area contributed by atoms with Crippen molar-refractivity contribution in [2.45, 2.75) is 0 Å². The van der Waals surface area contributed by atoms with Gasteiger partial charge in [0.2, 0.25) is 0 Å². The topological polar surface area (TPSA) is 65.2 Å². The third-order valence-electron chi connectivity index (χ3n) is 6.03. The Morgan fingerprint density at radius 3 is 2.03 bits per heavy atom. The largest absolute Gasteiger partial charge is 0.497 e. The Balaban J connectivity index is 0.000000151. The van der Waals surface area contributed by atoms with Crippen molar-refractivity contribution >= 4 is 22.0 Å². The van der Waals surface area contributed by atoms with Crippen molar-refractivity contribution in [1.82, 2.24) is 9.97 Å². The van der Waals surface area contributed by atoms with Gasteiger partial charge in [-0.1, -0.05) is 54.6 Å². The molecule has 0 N–H and O–H groups in total. The molecular weight excluding hydrogens is 436 g/mol. The highest BCUT2D eigenvalue weighted by Gasteiger charge is 2.23. The smallest absolute Gasteiger partial charge is 0.336 e. The molecule has 7 rings (SSSR count). The third kappa shape index (κ3) is 3.83. The van der Waals surface area contributed by atoms with Gasteiger partial charge in [0.1, 0.15) is 11.3 Å². The summed E-state index contributed by atoms with van der Waals surface area (Å²) in [5, 5.41) is 0.889. The molecule has 168 valence electrons. The molecular formula is C30H20N2O3. The maximum absolute atomic E-state index is 10.9. The lowest BCUT2D eigenvalue weighted by Crippen LogP contribution is -2.01. The maximum atomic E-state index is 10.9. The van der Waals surface area contributed by atoms with Gasteiger partial charge in [-0.05, 0) is 47.5 Å². The number of benzene rings is 4. The van der Waals surface area contributed by atoms with Crippen LogP contribution in [-0.4, -0.2) is 17.1 Å². The molecule has 0 saturated heterocycles. The summed E-state index contributed by atoms with van der Waals surface area (Å²) < 4.78 is 9.97. The zero-order valence-electron chi connectivity index (χ0n) is 18.9. The van der Waals surface area contributed by atoms with E-state index in [0.29, 0.717) is 11.3 Å². The minimum absolute atomic E-state index is 0.347. The molecule has 35 heavy (non-hydrogen) atoms. The van der Waals surface area contributed by atoms with E-state index in [1.807, 2.05) is 54.6 Å². The predicted molar refractivity (Wildman–Crippen MR) is 138 cm³/mol. The summed E-state index contributed by atoms with van der Waals surface area (Å²) in [5.41, 5.74) is 8.95. The fraction of sp³-hybridized carbons (Fsp3) is 0.0333. The first-order valence-corrected chi connectivity index (χ1v) is 11.2. The van der Waals surface area contributed by atoms with Crippen LogP contribution in [0.15, 0.2) is 112 Å². The molecule has 0 aliphatic heterocycles. The molecule has 0 spiro atoms. The van der Waals surface area contributed by atoms with E-state index in [2.05, 4.69) is 30.3 Å². The summed E-state index contributed by atoms with van der Waals surface area (Å²) in [6.45, 7) is 0. The summed E-state index contributed by atoms with van der Waals surface area (Å²) >= 11 is 0. The highest BCUT2D eigenvalue weighted by molar-refractivity contribution is 5.99. The first kappa shape index (κ1) is 20.8. The molecule has 0 fully saturated rings. The Hall–Kier alpha value is -4.77. The van der Waals surface area contributed by atoms with E-state index >= 15 is 0 Å². The van der Waals surface area contributed by atoms with Gasteiger partial charge < -0.3 is 9.15 Å². The maximum Gasteiger partial charge on any atom is 0.336 e. The number of methoxy groups -OCH3 is 1. The molecule has 0 saturated carbocycles. The van der Waals surface area contributed by atoms with Gasteiger partial charge in [0.25, 0.3) is 0 Å². The molecule has 5 heteroatoms. The zero-order chi connectivity index (χ0) is 23.8. The Labute approximate surface area is 201 Å². The highest BCUT2D eigenvalue weighted by atomic mass is 16.5. The van der Waals surface area contributed by atoms with Gasteiger partial charge >= 0.3 is 5.63 Å². The predicted octanol–water partition coefficient (Wildman–Crippen LogP) is 6.75. The van der Waals surface area contributed by atoms with Crippen molar-refractivity contribution in [1.29, 1.82) is 0 Å². The normalized spacial score (nSPS) is 11.1. The van der Waals surface area contributed by atoms with Crippen molar-refractivity contribution in [3.05, 3.63) is 114 Å². The second kappa shape index (κ2) is 8.54. The van der Waals surface area contributed by atoms with Crippen molar-refractivity contribution in [3.63, 3.8) is 0 Å². The summed E-state index contributed by atoms with van der Waals surface area (Å²) in [7, 11) is 1.57. The van der Waals surface area contributed by atoms with Crippen LogP contribution in [0.5, 0.6) is 5.75 Å². The van der Waals surface area contributed by atoms with E-state index in [0.717, 1.165) is 33.4 Å². The molecule has 2 heterocycles. The summed E-state index contributed by atoms with van der Waals surface area (Å²) in [6.07, 6.45) is 0. The molecule has 5 nitrogen and oxygen atoms in total. The molecule has 5 aromatic rings. The van der Waals surface area contributed by atoms with Gasteiger partial charge in [-0.3, -0.25) is 0 Å². The Morgan fingerprint density at radius 2 is 1.37 bits per heavy atom. The lowest BCUT2D eigenvalue weighted by atomic mass is 9.84. The van der Waals surface area contributed by atoms with E-state index < -0.39 is 0 Å². The first-order valence-electron chi connectivity index (χ1n) is 11.2. The number of hydrogen-bond acceptors (Lipinski definition) is 5. The molecule has 2 aliphatic rings. The van der Waals surface area contributed by atoms with E-state index in [-0.39, 0.29) is 5.63 Å². The van der Waals surface area contributed by atoms with Gasteiger partial charge in [-0.15, -0.1) is 0 Å². The third-order valence-corrected chi connectivity index (χ3v) is 6.03. The molecule has 2 aliphatic carbocycles. The number of fused-ring (bicyclic) bond motifs is 3. The van der Waals surface area contributed by atoms with Crippen LogP contribution in [0.3, 0.4) is 0 Å². The minimum Gasteiger partial charge on any atom is -0.497 e. The molecule has 2 aromatic heterocycles. The van der Waals surface area contributed by atoms with Crippen molar-refractivity contribution in [3.8, 4) is 39.4 Å². The molecule has 0 unspecified atom stereocenters. The number of aromatic nitrogens is 2. The molecule has 3 aromatic carbocycles. The Bertz CT molecular complexity index is 1710. The highest BCUT2D eigenvalue weighted by Crippen LogP contribution is 2.45. The molecule has 0 radical (unpaired) electrons. The number of ether oxygens (including phenoxy) is 1. The summed E-state index contributed by atoms with van der Waals surface area (Å²) in [6, 6.07) is 33.3. The van der Waals surface area contributed by atoms with Crippen molar-refractivity contribution in [2.75, 3.05) is 7.11 Å². The second-order valence-corrected chi connectivity index (χ2v) is 8.19. The van der Waals surface area contributed by atoms with Crippen LogP contribution in [0.4, 0.5) is 0 Å². The Morgan fingerprint density at radius 1 is 0.657 bits per heavy atom. The van der Waals surface area contributed by atoms with E-state index in [1.54, 1.807) is 19.2 Å². The minimum atomic E-state index is -0.347. The van der Waals surface area contributed by atoms with Crippen LogP contribution >= 0.6 is 0 Å². The van der Waals surface area contributed by atoms with E-state index in [9.17, 15) is 4.79 Å². The van der Waals surface area contributed by atoms with Crippen LogP contribution in [-0.2, 0) is 0 Å².